The van der Waals surface area contributed by atoms with Crippen LogP contribution >= 0.6 is 0 Å². The molecule has 6 aliphatic rings. The maximum atomic E-state index is 14.0. The van der Waals surface area contributed by atoms with Crippen LogP contribution in [0.25, 0.3) is 0 Å². The molecule has 10 heteroatoms. The molecule has 2 aliphatic heterocycles. The molecule has 338 valence electrons. The van der Waals surface area contributed by atoms with Crippen LogP contribution in [0.5, 0.6) is 0 Å². The maximum absolute atomic E-state index is 14.0. The summed E-state index contributed by atoms with van der Waals surface area (Å²) in [6.07, 6.45) is 26.5. The van der Waals surface area contributed by atoms with Gasteiger partial charge >= 0.3 is 0 Å². The summed E-state index contributed by atoms with van der Waals surface area (Å²) in [7, 11) is 4.33. The fraction of sp³-hybridized carbons (Fsp3) is 0.692. The summed E-state index contributed by atoms with van der Waals surface area (Å²) in [5, 5.41) is 0. The number of allylic oxidation sites excluding steroid dienone is 2. The normalized spacial score (nSPS) is 27.3. The van der Waals surface area contributed by atoms with E-state index in [1.807, 2.05) is 12.1 Å². The van der Waals surface area contributed by atoms with Crippen molar-refractivity contribution in [2.24, 2.45) is 23.7 Å². The maximum Gasteiger partial charge on any atom is 0.248 e. The monoisotopic (exact) mass is 849 g/mol. The first-order chi connectivity index (χ1) is 30.0. The van der Waals surface area contributed by atoms with Crippen LogP contribution in [-0.2, 0) is 33.5 Å². The molecule has 0 radical (unpaired) electrons. The van der Waals surface area contributed by atoms with Crippen molar-refractivity contribution >= 4 is 11.8 Å². The van der Waals surface area contributed by atoms with Crippen molar-refractivity contribution in [3.05, 3.63) is 90.8 Å². The fourth-order valence-corrected chi connectivity index (χ4v) is 13.6. The van der Waals surface area contributed by atoms with Crippen LogP contribution in [0.1, 0.15) is 152 Å². The standard InChI is InChI=1S/C52H76N6O4/c1-37-31-39-33-45-43(19-21-47(59)53-45)51(35-37)41(39)17-15-27-57(51)49(61)23-29-55(3)25-13-11-9-7-5-6-8-10-12-14-26-56(4)30-24-50(62)58-28-16-18-42-40-32-38(2)36-52(42,58)44-20-22-48(60)54-46(44)34-40/h19-22,31-32,39-42H,5-18,23-30,33-36H2,1-4H3,(H,53,59)(H,54,60)/t39?,40?,41?,42?,51-,52-/m0/s1. The number of nitrogens with one attached hydrogen (secondary N) is 2. The fourth-order valence-electron chi connectivity index (χ4n) is 13.6. The van der Waals surface area contributed by atoms with Gasteiger partial charge in [0.25, 0.3) is 0 Å². The van der Waals surface area contributed by atoms with Crippen LogP contribution in [0.3, 0.4) is 0 Å². The van der Waals surface area contributed by atoms with Crippen molar-refractivity contribution in [3.63, 3.8) is 0 Å². The van der Waals surface area contributed by atoms with Crippen LogP contribution in [0, 0.1) is 23.7 Å². The van der Waals surface area contributed by atoms with Crippen molar-refractivity contribution < 1.29 is 9.59 Å². The van der Waals surface area contributed by atoms with Gasteiger partial charge in [0.2, 0.25) is 22.9 Å². The van der Waals surface area contributed by atoms with Crippen molar-refractivity contribution in [2.75, 3.05) is 53.4 Å². The van der Waals surface area contributed by atoms with Gasteiger partial charge in [0.1, 0.15) is 0 Å². The minimum absolute atomic E-state index is 0.0450. The second-order valence-electron chi connectivity index (χ2n) is 20.6. The second kappa shape index (κ2) is 19.5. The molecule has 0 spiro atoms. The zero-order valence-corrected chi connectivity index (χ0v) is 38.6. The highest BCUT2D eigenvalue weighted by Crippen LogP contribution is 2.58. The Hall–Kier alpha value is -3.76. The summed E-state index contributed by atoms with van der Waals surface area (Å²) in [6, 6.07) is 7.37. The Morgan fingerprint density at radius 1 is 0.597 bits per heavy atom. The molecule has 8 rings (SSSR count). The summed E-state index contributed by atoms with van der Waals surface area (Å²) >= 11 is 0. The highest BCUT2D eigenvalue weighted by atomic mass is 16.2. The van der Waals surface area contributed by atoms with Crippen LogP contribution < -0.4 is 11.1 Å². The van der Waals surface area contributed by atoms with E-state index in [2.05, 4.69) is 69.7 Å². The summed E-state index contributed by atoms with van der Waals surface area (Å²) in [5.74, 6) is 2.15. The van der Waals surface area contributed by atoms with E-state index in [0.29, 0.717) is 36.5 Å². The number of hydrogen-bond acceptors (Lipinski definition) is 6. The lowest BCUT2D eigenvalue weighted by atomic mass is 9.56. The van der Waals surface area contributed by atoms with Crippen molar-refractivity contribution in [1.29, 1.82) is 0 Å². The third-order valence-corrected chi connectivity index (χ3v) is 16.3. The van der Waals surface area contributed by atoms with Crippen LogP contribution in [0.4, 0.5) is 0 Å². The summed E-state index contributed by atoms with van der Waals surface area (Å²) < 4.78 is 0. The molecule has 2 aromatic rings. The number of amides is 2. The van der Waals surface area contributed by atoms with Gasteiger partial charge < -0.3 is 29.6 Å². The molecule has 62 heavy (non-hydrogen) atoms. The molecule has 0 saturated carbocycles. The third-order valence-electron chi connectivity index (χ3n) is 16.3. The van der Waals surface area contributed by atoms with E-state index in [1.54, 1.807) is 12.1 Å². The number of likely N-dealkylation sites (tertiary alicyclic amines) is 2. The average Bonchev–Trinajstić information content (AvgIpc) is 3.23. The molecular weight excluding hydrogens is 773 g/mol. The Morgan fingerprint density at radius 3 is 1.39 bits per heavy atom. The molecule has 4 bridgehead atoms. The van der Waals surface area contributed by atoms with E-state index in [9.17, 15) is 19.2 Å². The number of pyridine rings is 2. The molecule has 2 N–H and O–H groups in total. The number of unbranched alkanes of at least 4 members (excludes halogenated alkanes) is 9. The molecule has 4 unspecified atom stereocenters. The van der Waals surface area contributed by atoms with Gasteiger partial charge in [-0.05, 0) is 152 Å². The zero-order valence-electron chi connectivity index (χ0n) is 38.6. The predicted octanol–water partition coefficient (Wildman–Crippen LogP) is 8.22. The first-order valence-corrected chi connectivity index (χ1v) is 24.8. The first-order valence-electron chi connectivity index (χ1n) is 24.8. The van der Waals surface area contributed by atoms with Gasteiger partial charge in [0, 0.05) is 62.5 Å². The number of carbonyl (C=O) groups is 2. The Bertz CT molecular complexity index is 1960. The predicted molar refractivity (Wildman–Crippen MR) is 248 cm³/mol. The van der Waals surface area contributed by atoms with E-state index in [4.69, 9.17) is 0 Å². The Kier molecular flexibility index (Phi) is 14.1. The number of carbonyl (C=O) groups excluding carboxylic acids is 2. The van der Waals surface area contributed by atoms with Crippen molar-refractivity contribution in [1.82, 2.24) is 29.6 Å². The van der Waals surface area contributed by atoms with E-state index in [-0.39, 0.29) is 34.0 Å². The summed E-state index contributed by atoms with van der Waals surface area (Å²) in [6.45, 7) is 9.70. The van der Waals surface area contributed by atoms with Gasteiger partial charge in [-0.1, -0.05) is 74.7 Å². The quantitative estimate of drug-likeness (QED) is 0.109. The van der Waals surface area contributed by atoms with Gasteiger partial charge in [-0.3, -0.25) is 19.2 Å². The molecule has 4 aliphatic carbocycles. The molecule has 4 heterocycles. The number of aromatic nitrogens is 2. The van der Waals surface area contributed by atoms with Crippen LogP contribution in [0.2, 0.25) is 0 Å². The van der Waals surface area contributed by atoms with E-state index in [1.165, 1.54) is 86.5 Å². The molecule has 6 atom stereocenters. The van der Waals surface area contributed by atoms with E-state index in [0.717, 1.165) is 102 Å². The molecular formula is C52H76N6O4. The molecule has 2 saturated heterocycles. The zero-order chi connectivity index (χ0) is 43.4. The van der Waals surface area contributed by atoms with Crippen LogP contribution in [-0.4, -0.2) is 94.7 Å². The Morgan fingerprint density at radius 2 is 0.984 bits per heavy atom. The minimum atomic E-state index is -0.320. The Labute approximate surface area is 371 Å². The number of piperidine rings is 2. The molecule has 2 amide bonds. The average molecular weight is 849 g/mol. The van der Waals surface area contributed by atoms with Gasteiger partial charge in [0.15, 0.2) is 0 Å². The van der Waals surface area contributed by atoms with Crippen molar-refractivity contribution in [2.45, 2.75) is 153 Å². The first kappa shape index (κ1) is 44.8. The topological polar surface area (TPSA) is 113 Å². The number of hydrogen-bond donors (Lipinski definition) is 2. The number of nitrogens with zero attached hydrogens (tertiary/aromatic N) is 4. The third kappa shape index (κ3) is 9.11. The SMILES string of the molecule is CC1=CC2Cc3[nH]c(=O)ccc3[C@]3(C1)C2CCCN3C(=O)CCN(C)CCCCCCCCCCCCN(C)CCC(=O)N1CCCC2C3C=C(C)C[C@@]21c1ccc(=O)[nH]c1C3. The smallest absolute Gasteiger partial charge is 0.248 e. The number of rotatable bonds is 19. The van der Waals surface area contributed by atoms with Crippen LogP contribution in [0.15, 0.2) is 57.2 Å². The lowest BCUT2D eigenvalue weighted by molar-refractivity contribution is -0.149. The second-order valence-corrected chi connectivity index (χ2v) is 20.6. The molecule has 2 fully saturated rings. The Balaban J connectivity index is 0.673. The van der Waals surface area contributed by atoms with E-state index < -0.39 is 0 Å². The minimum Gasteiger partial charge on any atom is -0.332 e. The number of aromatic amines is 2. The molecule has 0 aromatic carbocycles. The van der Waals surface area contributed by atoms with Gasteiger partial charge in [0.05, 0.1) is 11.1 Å². The lowest BCUT2D eigenvalue weighted by Crippen LogP contribution is -2.62. The summed E-state index contributed by atoms with van der Waals surface area (Å²) in [4.78, 5) is 68.0. The number of fused-ring (bicyclic) bond motifs is 2. The van der Waals surface area contributed by atoms with Crippen molar-refractivity contribution in [3.8, 4) is 0 Å². The number of H-pyrrole nitrogens is 2. The molecule has 2 aromatic heterocycles. The highest BCUT2D eigenvalue weighted by Gasteiger charge is 2.58. The van der Waals surface area contributed by atoms with Gasteiger partial charge in [-0.2, -0.15) is 0 Å². The summed E-state index contributed by atoms with van der Waals surface area (Å²) in [5.41, 5.74) is 6.46. The molecule has 10 nitrogen and oxygen atoms in total. The lowest BCUT2D eigenvalue weighted by Gasteiger charge is -2.59. The largest absolute Gasteiger partial charge is 0.332 e. The highest BCUT2D eigenvalue weighted by molar-refractivity contribution is 5.79. The van der Waals surface area contributed by atoms with Gasteiger partial charge in [-0.15, -0.1) is 0 Å². The van der Waals surface area contributed by atoms with E-state index >= 15 is 0 Å². The van der Waals surface area contributed by atoms with Gasteiger partial charge in [-0.25, -0.2) is 0 Å².